The van der Waals surface area contributed by atoms with Gasteiger partial charge in [0.25, 0.3) is 0 Å². The molecule has 1 aliphatic heterocycles. The third-order valence-electron chi connectivity index (χ3n) is 9.93. The zero-order chi connectivity index (χ0) is 20.7. The molecular weight excluding hydrogens is 380 g/mol. The summed E-state index contributed by atoms with van der Waals surface area (Å²) in [6.45, 7) is 11.8. The standard InChI is InChI=1S/C24H42O4Si/c1-22(2,3)29(5,6)26-21-9-7-8-18(15-21)24(25-4)23(27-28-24)19-11-16-10-17(13-19)14-20(23)12-16/h16-21H,7-15H2,1-6H3. The summed E-state index contributed by atoms with van der Waals surface area (Å²) in [6, 6.07) is 0. The van der Waals surface area contributed by atoms with Gasteiger partial charge in [-0.1, -0.05) is 27.2 Å². The summed E-state index contributed by atoms with van der Waals surface area (Å²) in [6.07, 6.45) is 11.7. The lowest BCUT2D eigenvalue weighted by molar-refractivity contribution is -0.647. The molecule has 1 heterocycles. The average Bonchev–Trinajstić information content (AvgIpc) is 2.60. The van der Waals surface area contributed by atoms with Gasteiger partial charge in [0.15, 0.2) is 13.9 Å². The maximum Gasteiger partial charge on any atom is 0.237 e. The lowest BCUT2D eigenvalue weighted by Gasteiger charge is -2.70. The van der Waals surface area contributed by atoms with Crippen molar-refractivity contribution in [3.8, 4) is 0 Å². The second-order valence-electron chi connectivity index (χ2n) is 12.5. The molecular formula is C24H42O4Si. The fraction of sp³-hybridized carbons (Fsp3) is 1.00. The molecule has 0 aromatic rings. The van der Waals surface area contributed by atoms with Crippen LogP contribution in [0.15, 0.2) is 0 Å². The number of methoxy groups -OCH3 is 1. The highest BCUT2D eigenvalue weighted by Gasteiger charge is 2.77. The highest BCUT2D eigenvalue weighted by molar-refractivity contribution is 6.74. The van der Waals surface area contributed by atoms with E-state index in [0.29, 0.717) is 23.9 Å². The number of hydrogen-bond donors (Lipinski definition) is 0. The van der Waals surface area contributed by atoms with Crippen molar-refractivity contribution in [3.63, 3.8) is 0 Å². The minimum Gasteiger partial charge on any atom is -0.414 e. The SMILES string of the molecule is COC1(C2CCCC(O[Si](C)(C)C(C)(C)C)C2)OOC12C1CC3CC(C1)CC2C3. The van der Waals surface area contributed by atoms with Gasteiger partial charge >= 0.3 is 0 Å². The maximum absolute atomic E-state index is 6.86. The lowest BCUT2D eigenvalue weighted by atomic mass is 9.46. The Morgan fingerprint density at radius 3 is 1.93 bits per heavy atom. The van der Waals surface area contributed by atoms with Crippen LogP contribution in [0.5, 0.6) is 0 Å². The summed E-state index contributed by atoms with van der Waals surface area (Å²) in [5, 5.41) is 0.248. The molecule has 3 unspecified atom stereocenters. The summed E-state index contributed by atoms with van der Waals surface area (Å²) in [4.78, 5) is 12.3. The maximum atomic E-state index is 6.86. The highest BCUT2D eigenvalue weighted by atomic mass is 28.4. The van der Waals surface area contributed by atoms with Crippen LogP contribution in [0, 0.1) is 29.6 Å². The molecule has 4 nitrogen and oxygen atoms in total. The van der Waals surface area contributed by atoms with Gasteiger partial charge < -0.3 is 9.16 Å². The number of hydrogen-bond acceptors (Lipinski definition) is 4. The van der Waals surface area contributed by atoms with Crippen molar-refractivity contribution in [2.75, 3.05) is 7.11 Å². The Labute approximate surface area is 178 Å². The van der Waals surface area contributed by atoms with E-state index in [1.54, 1.807) is 0 Å². The van der Waals surface area contributed by atoms with E-state index < -0.39 is 14.1 Å². The normalized spacial score (nSPS) is 49.4. The third kappa shape index (κ3) is 2.90. The van der Waals surface area contributed by atoms with Gasteiger partial charge in [0.2, 0.25) is 5.79 Å². The second kappa shape index (κ2) is 6.78. The Bertz CT molecular complexity index is 609. The fourth-order valence-corrected chi connectivity index (χ4v) is 9.15. The van der Waals surface area contributed by atoms with Crippen molar-refractivity contribution in [3.05, 3.63) is 0 Å². The zero-order valence-corrected chi connectivity index (χ0v) is 20.5. The molecule has 6 aliphatic rings. The number of ether oxygens (including phenoxy) is 1. The summed E-state index contributed by atoms with van der Waals surface area (Å²) in [5.74, 6) is 2.90. The van der Waals surface area contributed by atoms with Crippen LogP contribution in [-0.2, 0) is 18.9 Å². The molecule has 1 saturated heterocycles. The monoisotopic (exact) mass is 422 g/mol. The van der Waals surface area contributed by atoms with Gasteiger partial charge in [0.05, 0.1) is 0 Å². The van der Waals surface area contributed by atoms with Crippen LogP contribution < -0.4 is 0 Å². The molecule has 5 saturated carbocycles. The Morgan fingerprint density at radius 1 is 0.828 bits per heavy atom. The predicted molar refractivity (Wildman–Crippen MR) is 116 cm³/mol. The summed E-state index contributed by atoms with van der Waals surface area (Å²) >= 11 is 0. The smallest absolute Gasteiger partial charge is 0.237 e. The van der Waals surface area contributed by atoms with Crippen molar-refractivity contribution in [1.82, 2.24) is 0 Å². The predicted octanol–water partition coefficient (Wildman–Crippen LogP) is 6.07. The van der Waals surface area contributed by atoms with Gasteiger partial charge in [0.1, 0.15) is 0 Å². The van der Waals surface area contributed by atoms with E-state index in [4.69, 9.17) is 18.9 Å². The van der Waals surface area contributed by atoms with Crippen molar-refractivity contribution in [2.45, 2.75) is 114 Å². The third-order valence-corrected chi connectivity index (χ3v) is 14.5. The Hall–Kier alpha value is 0.0569. The van der Waals surface area contributed by atoms with Crippen molar-refractivity contribution in [2.24, 2.45) is 29.6 Å². The van der Waals surface area contributed by atoms with Crippen LogP contribution >= 0.6 is 0 Å². The van der Waals surface area contributed by atoms with E-state index in [0.717, 1.165) is 18.3 Å². The van der Waals surface area contributed by atoms with Gasteiger partial charge in [-0.05, 0) is 93.2 Å². The van der Waals surface area contributed by atoms with E-state index in [9.17, 15) is 0 Å². The molecule has 29 heavy (non-hydrogen) atoms. The molecule has 0 amide bonds. The van der Waals surface area contributed by atoms with Gasteiger partial charge in [-0.25, -0.2) is 4.89 Å². The van der Waals surface area contributed by atoms with Gasteiger partial charge in [-0.15, -0.1) is 0 Å². The molecule has 6 rings (SSSR count). The molecule has 5 heteroatoms. The zero-order valence-electron chi connectivity index (χ0n) is 19.5. The van der Waals surface area contributed by atoms with E-state index in [1.807, 2.05) is 7.11 Å². The van der Waals surface area contributed by atoms with Gasteiger partial charge in [-0.2, -0.15) is 4.89 Å². The van der Waals surface area contributed by atoms with Crippen LogP contribution in [0.2, 0.25) is 18.1 Å². The van der Waals surface area contributed by atoms with Crippen molar-refractivity contribution >= 4 is 8.32 Å². The van der Waals surface area contributed by atoms with Crippen LogP contribution in [0.25, 0.3) is 0 Å². The first-order valence-electron chi connectivity index (χ1n) is 12.2. The highest BCUT2D eigenvalue weighted by Crippen LogP contribution is 2.69. The molecule has 5 aliphatic carbocycles. The first kappa shape index (κ1) is 20.9. The Kier molecular flexibility index (Phi) is 4.89. The first-order valence-corrected chi connectivity index (χ1v) is 15.1. The molecule has 0 aromatic heterocycles. The van der Waals surface area contributed by atoms with Crippen LogP contribution in [-0.4, -0.2) is 32.9 Å². The Morgan fingerprint density at radius 2 is 1.45 bits per heavy atom. The number of rotatable bonds is 4. The molecule has 6 fully saturated rings. The van der Waals surface area contributed by atoms with Crippen LogP contribution in [0.4, 0.5) is 0 Å². The molecule has 4 bridgehead atoms. The van der Waals surface area contributed by atoms with Crippen LogP contribution in [0.3, 0.4) is 0 Å². The first-order chi connectivity index (χ1) is 13.6. The molecule has 166 valence electrons. The van der Waals surface area contributed by atoms with E-state index in [1.165, 1.54) is 51.4 Å². The fourth-order valence-electron chi connectivity index (χ4n) is 7.75. The minimum absolute atomic E-state index is 0.196. The molecule has 3 atom stereocenters. The van der Waals surface area contributed by atoms with Crippen LogP contribution in [0.1, 0.15) is 78.6 Å². The Balaban J connectivity index is 1.38. The molecule has 0 radical (unpaired) electrons. The molecule has 0 aromatic carbocycles. The quantitative estimate of drug-likeness (QED) is 0.407. The van der Waals surface area contributed by atoms with Gasteiger partial charge in [0, 0.05) is 19.1 Å². The average molecular weight is 423 g/mol. The summed E-state index contributed by atoms with van der Waals surface area (Å²) in [5.41, 5.74) is -0.196. The van der Waals surface area contributed by atoms with E-state index in [-0.39, 0.29) is 10.6 Å². The second-order valence-corrected chi connectivity index (χ2v) is 17.3. The lowest BCUT2D eigenvalue weighted by Crippen LogP contribution is -2.80. The topological polar surface area (TPSA) is 36.9 Å². The molecule has 1 spiro atoms. The van der Waals surface area contributed by atoms with E-state index in [2.05, 4.69) is 33.9 Å². The summed E-state index contributed by atoms with van der Waals surface area (Å²) in [7, 11) is 0.0984. The van der Waals surface area contributed by atoms with Crippen molar-refractivity contribution < 1.29 is 18.9 Å². The minimum atomic E-state index is -1.77. The van der Waals surface area contributed by atoms with Crippen molar-refractivity contribution in [1.29, 1.82) is 0 Å². The molecule has 0 N–H and O–H groups in total. The van der Waals surface area contributed by atoms with Gasteiger partial charge in [-0.3, -0.25) is 0 Å². The summed E-state index contributed by atoms with van der Waals surface area (Å²) < 4.78 is 13.2. The largest absolute Gasteiger partial charge is 0.414 e. The van der Waals surface area contributed by atoms with E-state index >= 15 is 0 Å².